The minimum Gasteiger partial charge on any atom is -0.508 e. The van der Waals surface area contributed by atoms with Gasteiger partial charge in [0.1, 0.15) is 5.75 Å². The second-order valence-electron chi connectivity index (χ2n) is 7.45. The van der Waals surface area contributed by atoms with Crippen molar-refractivity contribution in [3.05, 3.63) is 65.7 Å². The number of rotatable bonds is 7. The second-order valence-corrected chi connectivity index (χ2v) is 9.09. The van der Waals surface area contributed by atoms with Crippen LogP contribution in [0.1, 0.15) is 24.0 Å². The molecule has 1 fully saturated rings. The van der Waals surface area contributed by atoms with Crippen LogP contribution in [0.3, 0.4) is 0 Å². The van der Waals surface area contributed by atoms with E-state index in [-0.39, 0.29) is 18.4 Å². The molecule has 28 heavy (non-hydrogen) atoms. The molecule has 6 nitrogen and oxygen atoms in total. The smallest absolute Gasteiger partial charge is 0.264 e. The zero-order valence-corrected chi connectivity index (χ0v) is 16.8. The summed E-state index contributed by atoms with van der Waals surface area (Å²) in [6, 6.07) is 16.4. The highest BCUT2D eigenvalue weighted by atomic mass is 32.2. The van der Waals surface area contributed by atoms with E-state index in [0.717, 1.165) is 17.4 Å². The summed E-state index contributed by atoms with van der Waals surface area (Å²) in [6.45, 7) is 1.34. The summed E-state index contributed by atoms with van der Waals surface area (Å²) in [4.78, 5) is 2.18. The van der Waals surface area contributed by atoms with Gasteiger partial charge >= 0.3 is 0 Å². The zero-order chi connectivity index (χ0) is 20.2. The van der Waals surface area contributed by atoms with E-state index in [4.69, 9.17) is 4.18 Å². The topological polar surface area (TPSA) is 87.1 Å². The number of likely N-dealkylation sites (tertiary alicyclic amines) is 1. The van der Waals surface area contributed by atoms with Gasteiger partial charge in [-0.1, -0.05) is 42.5 Å². The van der Waals surface area contributed by atoms with Gasteiger partial charge in [0, 0.05) is 19.1 Å². The molecular formula is C21H27NO5S. The first-order chi connectivity index (χ1) is 13.3. The maximum absolute atomic E-state index is 11.5. The van der Waals surface area contributed by atoms with Crippen LogP contribution in [-0.2, 0) is 26.3 Å². The molecule has 1 saturated heterocycles. The predicted molar refractivity (Wildman–Crippen MR) is 108 cm³/mol. The Balaban J connectivity index is 1.70. The van der Waals surface area contributed by atoms with Crippen molar-refractivity contribution < 1.29 is 22.8 Å². The summed E-state index contributed by atoms with van der Waals surface area (Å²) in [6.07, 6.45) is 2.79. The largest absolute Gasteiger partial charge is 0.508 e. The number of nitrogens with zero attached hydrogens (tertiary/aromatic N) is 1. The summed E-state index contributed by atoms with van der Waals surface area (Å²) in [5, 5.41) is 20.5. The van der Waals surface area contributed by atoms with Gasteiger partial charge in [0.2, 0.25) is 0 Å². The van der Waals surface area contributed by atoms with Crippen LogP contribution < -0.4 is 0 Å². The third kappa shape index (κ3) is 5.54. The van der Waals surface area contributed by atoms with Crippen LogP contribution in [0.15, 0.2) is 54.6 Å². The van der Waals surface area contributed by atoms with Gasteiger partial charge < -0.3 is 10.2 Å². The van der Waals surface area contributed by atoms with Crippen LogP contribution in [0.2, 0.25) is 0 Å². The number of phenols is 1. The minimum atomic E-state index is -3.54. The summed E-state index contributed by atoms with van der Waals surface area (Å²) in [5.74, 6) is 0.193. The Morgan fingerprint density at radius 1 is 1.07 bits per heavy atom. The van der Waals surface area contributed by atoms with E-state index in [1.54, 1.807) is 12.1 Å². The van der Waals surface area contributed by atoms with Crippen molar-refractivity contribution in [1.29, 1.82) is 0 Å². The Morgan fingerprint density at radius 2 is 1.68 bits per heavy atom. The molecule has 0 radical (unpaired) electrons. The van der Waals surface area contributed by atoms with E-state index < -0.39 is 15.7 Å². The Hall–Kier alpha value is -1.93. The van der Waals surface area contributed by atoms with Gasteiger partial charge in [0.05, 0.1) is 18.5 Å². The van der Waals surface area contributed by atoms with Gasteiger partial charge in [-0.2, -0.15) is 8.42 Å². The fraction of sp³-hybridized carbons (Fsp3) is 0.429. The van der Waals surface area contributed by atoms with Crippen molar-refractivity contribution in [2.24, 2.45) is 0 Å². The third-order valence-electron chi connectivity index (χ3n) is 5.33. The second kappa shape index (κ2) is 8.61. The first-order valence-electron chi connectivity index (χ1n) is 9.39. The average Bonchev–Trinajstić information content (AvgIpc) is 2.67. The van der Waals surface area contributed by atoms with Crippen LogP contribution >= 0.6 is 0 Å². The number of aromatic hydroxyl groups is 1. The van der Waals surface area contributed by atoms with E-state index in [1.165, 1.54) is 0 Å². The Bertz CT molecular complexity index is 859. The van der Waals surface area contributed by atoms with Crippen LogP contribution in [0.4, 0.5) is 0 Å². The third-order valence-corrected chi connectivity index (χ3v) is 5.90. The molecule has 3 rings (SSSR count). The Morgan fingerprint density at radius 3 is 2.25 bits per heavy atom. The quantitative estimate of drug-likeness (QED) is 0.687. The maximum Gasteiger partial charge on any atom is 0.264 e. The molecule has 1 heterocycles. The summed E-state index contributed by atoms with van der Waals surface area (Å²) < 4.78 is 28.1. The molecule has 7 heteroatoms. The van der Waals surface area contributed by atoms with Crippen LogP contribution in [0, 0.1) is 0 Å². The first-order valence-corrected chi connectivity index (χ1v) is 11.2. The van der Waals surface area contributed by atoms with Gasteiger partial charge in [-0.3, -0.25) is 9.08 Å². The van der Waals surface area contributed by atoms with E-state index in [1.807, 2.05) is 42.5 Å². The molecule has 1 aliphatic heterocycles. The summed E-state index contributed by atoms with van der Waals surface area (Å²) in [5.41, 5.74) is 1.04. The molecule has 2 aromatic rings. The van der Waals surface area contributed by atoms with Gasteiger partial charge in [-0.25, -0.2) is 0 Å². The SMILES string of the molecule is CS(=O)(=O)OCC(Cc1ccc(O)cc1)N1CCC(O)(c2ccccc2)CC1. The molecule has 0 spiro atoms. The first kappa shape index (κ1) is 20.8. The fourth-order valence-electron chi connectivity index (χ4n) is 3.70. The molecule has 0 saturated carbocycles. The molecule has 0 aliphatic carbocycles. The van der Waals surface area contributed by atoms with Gasteiger partial charge in [-0.05, 0) is 42.5 Å². The lowest BCUT2D eigenvalue weighted by Gasteiger charge is -2.42. The van der Waals surface area contributed by atoms with Crippen molar-refractivity contribution in [2.75, 3.05) is 26.0 Å². The molecule has 2 aromatic carbocycles. The van der Waals surface area contributed by atoms with Crippen molar-refractivity contribution in [3.63, 3.8) is 0 Å². The number of hydrogen-bond donors (Lipinski definition) is 2. The number of benzene rings is 2. The number of phenolic OH excluding ortho intramolecular Hbond substituents is 1. The van der Waals surface area contributed by atoms with Crippen molar-refractivity contribution in [2.45, 2.75) is 30.9 Å². The van der Waals surface area contributed by atoms with E-state index in [9.17, 15) is 18.6 Å². The molecule has 0 amide bonds. The number of aliphatic hydroxyl groups is 1. The highest BCUT2D eigenvalue weighted by Gasteiger charge is 2.36. The molecule has 1 unspecified atom stereocenters. The predicted octanol–water partition coefficient (Wildman–Crippen LogP) is 2.26. The van der Waals surface area contributed by atoms with Crippen molar-refractivity contribution >= 4 is 10.1 Å². The van der Waals surface area contributed by atoms with Gasteiger partial charge in [0.15, 0.2) is 0 Å². The molecular weight excluding hydrogens is 378 g/mol. The monoisotopic (exact) mass is 405 g/mol. The Labute approximate surface area is 166 Å². The van der Waals surface area contributed by atoms with Gasteiger partial charge in [0.25, 0.3) is 10.1 Å². The molecule has 1 atom stereocenters. The highest BCUT2D eigenvalue weighted by Crippen LogP contribution is 2.33. The molecule has 1 aliphatic rings. The molecule has 0 bridgehead atoms. The van der Waals surface area contributed by atoms with E-state index >= 15 is 0 Å². The van der Waals surface area contributed by atoms with Gasteiger partial charge in [-0.15, -0.1) is 0 Å². The summed E-state index contributed by atoms with van der Waals surface area (Å²) in [7, 11) is -3.54. The van der Waals surface area contributed by atoms with E-state index in [0.29, 0.717) is 32.4 Å². The van der Waals surface area contributed by atoms with Crippen LogP contribution in [0.5, 0.6) is 5.75 Å². The minimum absolute atomic E-state index is 0.0590. The van der Waals surface area contributed by atoms with Crippen molar-refractivity contribution in [3.8, 4) is 5.75 Å². The standard InChI is InChI=1S/C21H27NO5S/c1-28(25,26)27-16-19(15-17-7-9-20(23)10-8-17)22-13-11-21(24,12-14-22)18-5-3-2-4-6-18/h2-10,19,23-24H,11-16H2,1H3. The fourth-order valence-corrected chi connectivity index (χ4v) is 4.10. The highest BCUT2D eigenvalue weighted by molar-refractivity contribution is 7.85. The maximum atomic E-state index is 11.5. The number of piperidine rings is 1. The Kier molecular flexibility index (Phi) is 6.40. The molecule has 2 N–H and O–H groups in total. The zero-order valence-electron chi connectivity index (χ0n) is 16.0. The van der Waals surface area contributed by atoms with E-state index in [2.05, 4.69) is 4.90 Å². The molecule has 0 aromatic heterocycles. The molecule has 152 valence electrons. The van der Waals surface area contributed by atoms with Crippen LogP contribution in [0.25, 0.3) is 0 Å². The average molecular weight is 406 g/mol. The lowest BCUT2D eigenvalue weighted by molar-refractivity contribution is -0.0397. The van der Waals surface area contributed by atoms with Crippen LogP contribution in [-0.4, -0.2) is 55.5 Å². The van der Waals surface area contributed by atoms with Crippen molar-refractivity contribution in [1.82, 2.24) is 4.90 Å². The lowest BCUT2D eigenvalue weighted by Crippen LogP contribution is -2.49. The number of hydrogen-bond acceptors (Lipinski definition) is 6. The lowest BCUT2D eigenvalue weighted by atomic mass is 9.84. The normalized spacial score (nSPS) is 18.6. The summed E-state index contributed by atoms with van der Waals surface area (Å²) >= 11 is 0.